The molecule has 0 N–H and O–H groups in total. The van der Waals surface area contributed by atoms with Crippen LogP contribution in [0, 0.1) is 34.0 Å². The molecule has 4 aliphatic carbocycles. The Labute approximate surface area is 151 Å². The Morgan fingerprint density at radius 1 is 0.667 bits per heavy atom. The minimum Gasteiger partial charge on any atom is -0.0651 e. The molecule has 0 saturated heterocycles. The van der Waals surface area contributed by atoms with Crippen LogP contribution in [-0.4, -0.2) is 0 Å². The highest BCUT2D eigenvalue weighted by atomic mass is 14.6. The lowest BCUT2D eigenvalue weighted by Gasteiger charge is -2.60. The summed E-state index contributed by atoms with van der Waals surface area (Å²) in [6.45, 7) is 7.81. The van der Waals surface area contributed by atoms with Crippen molar-refractivity contribution >= 4 is 0 Å². The lowest BCUT2D eigenvalue weighted by atomic mass is 9.44. The van der Waals surface area contributed by atoms with E-state index < -0.39 is 0 Å². The van der Waals surface area contributed by atoms with Crippen LogP contribution in [0.5, 0.6) is 0 Å². The Morgan fingerprint density at radius 2 is 1.25 bits per heavy atom. The third kappa shape index (κ3) is 2.52. The summed E-state index contributed by atoms with van der Waals surface area (Å²) in [7, 11) is 0. The van der Waals surface area contributed by atoms with E-state index in [9.17, 15) is 0 Å². The van der Waals surface area contributed by atoms with E-state index >= 15 is 0 Å². The van der Waals surface area contributed by atoms with Gasteiger partial charge in [0, 0.05) is 0 Å². The maximum Gasteiger partial charge on any atom is -0.0261 e. The summed E-state index contributed by atoms with van der Waals surface area (Å²) in [4.78, 5) is 0. The largest absolute Gasteiger partial charge is 0.0651 e. The molecule has 3 spiro atoms. The van der Waals surface area contributed by atoms with E-state index in [4.69, 9.17) is 0 Å². The van der Waals surface area contributed by atoms with Crippen molar-refractivity contribution in [3.8, 4) is 0 Å². The molecule has 138 valence electrons. The Balaban J connectivity index is 1.60. The zero-order valence-electron chi connectivity index (χ0n) is 16.8. The van der Waals surface area contributed by atoms with Gasteiger partial charge in [-0.1, -0.05) is 59.3 Å². The van der Waals surface area contributed by atoms with Crippen molar-refractivity contribution in [1.29, 1.82) is 0 Å². The number of hydrogen-bond donors (Lipinski definition) is 0. The maximum absolute atomic E-state index is 2.72. The van der Waals surface area contributed by atoms with Crippen LogP contribution in [0.1, 0.15) is 117 Å². The molecule has 4 fully saturated rings. The van der Waals surface area contributed by atoms with E-state index in [1.54, 1.807) is 64.2 Å². The highest BCUT2D eigenvalue weighted by molar-refractivity contribution is 5.08. The fraction of sp³-hybridized carbons (Fsp3) is 1.00. The molecule has 0 aromatic rings. The average Bonchev–Trinajstić information content (AvgIpc) is 2.90. The highest BCUT2D eigenvalue weighted by Gasteiger charge is 2.57. The fourth-order valence-electron chi connectivity index (χ4n) is 8.68. The van der Waals surface area contributed by atoms with Gasteiger partial charge in [-0.15, -0.1) is 0 Å². The number of hydrogen-bond acceptors (Lipinski definition) is 0. The van der Waals surface area contributed by atoms with Crippen molar-refractivity contribution in [2.45, 2.75) is 117 Å². The molecular formula is C24H42. The summed E-state index contributed by atoms with van der Waals surface area (Å²) >= 11 is 0. The van der Waals surface area contributed by atoms with Crippen LogP contribution in [0.2, 0.25) is 0 Å². The van der Waals surface area contributed by atoms with Crippen LogP contribution in [0.4, 0.5) is 0 Å². The second kappa shape index (κ2) is 6.31. The molecule has 4 aliphatic rings. The molecule has 0 nitrogen and oxygen atoms in total. The lowest BCUT2D eigenvalue weighted by Crippen LogP contribution is -2.51. The summed E-state index contributed by atoms with van der Waals surface area (Å²) < 4.78 is 0. The number of rotatable bonds is 1. The molecule has 0 radical (unpaired) electrons. The van der Waals surface area contributed by atoms with Gasteiger partial charge in [0.2, 0.25) is 0 Å². The van der Waals surface area contributed by atoms with Crippen LogP contribution < -0.4 is 0 Å². The van der Waals surface area contributed by atoms with Gasteiger partial charge in [-0.05, 0) is 91.8 Å². The van der Waals surface area contributed by atoms with Gasteiger partial charge in [0.25, 0.3) is 0 Å². The lowest BCUT2D eigenvalue weighted by molar-refractivity contribution is -0.104. The van der Waals surface area contributed by atoms with E-state index in [0.29, 0.717) is 0 Å². The summed E-state index contributed by atoms with van der Waals surface area (Å²) in [5.41, 5.74) is 2.21. The van der Waals surface area contributed by atoms with Gasteiger partial charge in [-0.3, -0.25) is 0 Å². The van der Waals surface area contributed by atoms with Gasteiger partial charge >= 0.3 is 0 Å². The maximum atomic E-state index is 2.72. The molecule has 4 rings (SSSR count). The van der Waals surface area contributed by atoms with Crippen LogP contribution in [0.25, 0.3) is 0 Å². The van der Waals surface area contributed by atoms with E-state index in [0.717, 1.165) is 34.0 Å². The second-order valence-electron chi connectivity index (χ2n) is 10.7. The third-order valence-electron chi connectivity index (χ3n) is 10.3. The predicted octanol–water partition coefficient (Wildman–Crippen LogP) is 7.76. The van der Waals surface area contributed by atoms with Gasteiger partial charge < -0.3 is 0 Å². The first-order valence-electron chi connectivity index (χ1n) is 11.6. The molecule has 5 atom stereocenters. The Hall–Kier alpha value is 0. The fourth-order valence-corrected chi connectivity index (χ4v) is 8.68. The topological polar surface area (TPSA) is 0 Å². The summed E-state index contributed by atoms with van der Waals surface area (Å²) in [5.74, 6) is 3.03. The quantitative estimate of drug-likeness (QED) is 0.461. The normalized spacial score (nSPS) is 48.4. The Kier molecular flexibility index (Phi) is 4.58. The van der Waals surface area contributed by atoms with Crippen molar-refractivity contribution in [2.24, 2.45) is 34.0 Å². The smallest absolute Gasteiger partial charge is 0.0261 e. The van der Waals surface area contributed by atoms with Crippen molar-refractivity contribution in [3.63, 3.8) is 0 Å². The molecule has 0 heteroatoms. The predicted molar refractivity (Wildman–Crippen MR) is 104 cm³/mol. The van der Waals surface area contributed by atoms with Gasteiger partial charge in [-0.2, -0.15) is 0 Å². The third-order valence-corrected chi connectivity index (χ3v) is 10.3. The summed E-state index contributed by atoms with van der Waals surface area (Å²) in [5, 5.41) is 0. The molecule has 4 saturated carbocycles. The van der Waals surface area contributed by atoms with Gasteiger partial charge in [-0.25, -0.2) is 0 Å². The molecule has 0 bridgehead atoms. The minimum atomic E-state index is 0.727. The van der Waals surface area contributed by atoms with Crippen LogP contribution >= 0.6 is 0 Å². The van der Waals surface area contributed by atoms with Gasteiger partial charge in [0.05, 0.1) is 0 Å². The zero-order chi connectivity index (χ0) is 16.8. The molecule has 24 heavy (non-hydrogen) atoms. The van der Waals surface area contributed by atoms with Crippen LogP contribution in [0.3, 0.4) is 0 Å². The monoisotopic (exact) mass is 330 g/mol. The minimum absolute atomic E-state index is 0.727. The zero-order valence-corrected chi connectivity index (χ0v) is 16.8. The molecule has 0 heterocycles. The van der Waals surface area contributed by atoms with Crippen molar-refractivity contribution < 1.29 is 0 Å². The summed E-state index contributed by atoms with van der Waals surface area (Å²) in [6.07, 6.45) is 23.2. The standard InChI is InChI=1S/C24H42/c1-4-21-10-17-23(19(21)2)14-9-16-24(18-23)15-8-13-22(20(24)3)11-6-5-7-12-22/h19-21H,4-18H2,1-3H3. The first-order chi connectivity index (χ1) is 11.6. The SMILES string of the molecule is CCC1CCC2(CCCC3(CCCC4(CCCCC4)C3C)C2)C1C. The molecule has 0 aromatic carbocycles. The van der Waals surface area contributed by atoms with E-state index in [-0.39, 0.29) is 0 Å². The summed E-state index contributed by atoms with van der Waals surface area (Å²) in [6, 6.07) is 0. The Morgan fingerprint density at radius 3 is 1.88 bits per heavy atom. The highest BCUT2D eigenvalue weighted by Crippen LogP contribution is 2.68. The molecule has 0 aliphatic heterocycles. The van der Waals surface area contributed by atoms with Crippen LogP contribution in [-0.2, 0) is 0 Å². The van der Waals surface area contributed by atoms with Gasteiger partial charge in [0.15, 0.2) is 0 Å². The van der Waals surface area contributed by atoms with Crippen molar-refractivity contribution in [2.75, 3.05) is 0 Å². The molecular weight excluding hydrogens is 288 g/mol. The van der Waals surface area contributed by atoms with Crippen LogP contribution in [0.15, 0.2) is 0 Å². The molecule has 5 unspecified atom stereocenters. The first-order valence-corrected chi connectivity index (χ1v) is 11.6. The van der Waals surface area contributed by atoms with Crippen molar-refractivity contribution in [3.05, 3.63) is 0 Å². The van der Waals surface area contributed by atoms with Gasteiger partial charge in [0.1, 0.15) is 0 Å². The Bertz CT molecular complexity index is 435. The molecule has 0 amide bonds. The van der Waals surface area contributed by atoms with E-state index in [1.165, 1.54) is 32.1 Å². The second-order valence-corrected chi connectivity index (χ2v) is 10.7. The molecule has 0 aromatic heterocycles. The average molecular weight is 331 g/mol. The van der Waals surface area contributed by atoms with E-state index in [2.05, 4.69) is 20.8 Å². The first kappa shape index (κ1) is 17.4. The van der Waals surface area contributed by atoms with E-state index in [1.807, 2.05) is 0 Å². The van der Waals surface area contributed by atoms with Crippen molar-refractivity contribution in [1.82, 2.24) is 0 Å².